The van der Waals surface area contributed by atoms with E-state index in [1.54, 1.807) is 6.07 Å². The summed E-state index contributed by atoms with van der Waals surface area (Å²) in [6.07, 6.45) is -0.100. The van der Waals surface area contributed by atoms with Gasteiger partial charge < -0.3 is 24.9 Å². The van der Waals surface area contributed by atoms with Crippen LogP contribution in [-0.4, -0.2) is 49.2 Å². The summed E-state index contributed by atoms with van der Waals surface area (Å²) in [5.41, 5.74) is 0. The van der Waals surface area contributed by atoms with Gasteiger partial charge in [-0.15, -0.1) is 0 Å². The zero-order valence-corrected chi connectivity index (χ0v) is 10.2. The average Bonchev–Trinajstić information content (AvgIpc) is 2.95. The van der Waals surface area contributed by atoms with Crippen LogP contribution in [0.1, 0.15) is 10.6 Å². The number of aliphatic hydroxyl groups excluding tert-OH is 1. The maximum atomic E-state index is 11.4. The summed E-state index contributed by atoms with van der Waals surface area (Å²) in [7, 11) is 1.12. The number of nitrogens with one attached hydrogen (secondary N) is 2. The predicted molar refractivity (Wildman–Crippen MR) is 62.1 cm³/mol. The first-order valence-corrected chi connectivity index (χ1v) is 5.39. The lowest BCUT2D eigenvalue weighted by atomic mass is 10.3. The first-order chi connectivity index (χ1) is 9.04. The molecule has 1 aromatic heterocycles. The standard InChI is InChI=1S/C11H14N2O6/c1-18-11(17)7(14)5-12-9(15)6-13-10(16)8-3-2-4-19-8/h2-4,7,14H,5-6H2,1H3,(H,12,15)(H,13,16). The summed E-state index contributed by atoms with van der Waals surface area (Å²) in [6.45, 7) is -0.588. The number of carbonyl (C=O) groups is 3. The molecule has 1 aromatic rings. The Hall–Kier alpha value is -2.35. The van der Waals surface area contributed by atoms with Gasteiger partial charge in [0.2, 0.25) is 5.91 Å². The van der Waals surface area contributed by atoms with E-state index in [-0.39, 0.29) is 18.8 Å². The van der Waals surface area contributed by atoms with Crippen molar-refractivity contribution in [1.29, 1.82) is 0 Å². The van der Waals surface area contributed by atoms with Crippen LogP contribution in [0.25, 0.3) is 0 Å². The van der Waals surface area contributed by atoms with Gasteiger partial charge in [0, 0.05) is 0 Å². The third kappa shape index (κ3) is 4.80. The largest absolute Gasteiger partial charge is 0.467 e. The van der Waals surface area contributed by atoms with E-state index in [1.807, 2.05) is 0 Å². The molecular formula is C11H14N2O6. The van der Waals surface area contributed by atoms with Crippen LogP contribution in [0.15, 0.2) is 22.8 Å². The normalized spacial score (nSPS) is 11.5. The molecule has 2 amide bonds. The van der Waals surface area contributed by atoms with Gasteiger partial charge in [-0.25, -0.2) is 4.79 Å². The van der Waals surface area contributed by atoms with Gasteiger partial charge in [0.15, 0.2) is 11.9 Å². The van der Waals surface area contributed by atoms with Crippen molar-refractivity contribution in [3.63, 3.8) is 0 Å². The molecule has 0 aromatic carbocycles. The van der Waals surface area contributed by atoms with Crippen LogP contribution in [0.4, 0.5) is 0 Å². The van der Waals surface area contributed by atoms with Crippen molar-refractivity contribution < 1.29 is 28.6 Å². The monoisotopic (exact) mass is 270 g/mol. The average molecular weight is 270 g/mol. The number of rotatable bonds is 6. The lowest BCUT2D eigenvalue weighted by molar-refractivity contribution is -0.150. The minimum atomic E-state index is -1.44. The van der Waals surface area contributed by atoms with Crippen molar-refractivity contribution in [3.05, 3.63) is 24.2 Å². The van der Waals surface area contributed by atoms with Gasteiger partial charge in [0.1, 0.15) is 0 Å². The molecule has 8 nitrogen and oxygen atoms in total. The fourth-order valence-electron chi connectivity index (χ4n) is 1.15. The van der Waals surface area contributed by atoms with Crippen LogP contribution in [0.2, 0.25) is 0 Å². The van der Waals surface area contributed by atoms with Crippen LogP contribution in [0.5, 0.6) is 0 Å². The highest BCUT2D eigenvalue weighted by molar-refractivity contribution is 5.94. The van der Waals surface area contributed by atoms with Crippen molar-refractivity contribution in [2.24, 2.45) is 0 Å². The Bertz CT molecular complexity index is 442. The summed E-state index contributed by atoms with van der Waals surface area (Å²) in [5.74, 6) is -1.85. The molecule has 1 atom stereocenters. The molecule has 3 N–H and O–H groups in total. The van der Waals surface area contributed by atoms with Gasteiger partial charge in [0.25, 0.3) is 5.91 Å². The van der Waals surface area contributed by atoms with E-state index in [0.717, 1.165) is 7.11 Å². The molecule has 104 valence electrons. The highest BCUT2D eigenvalue weighted by Gasteiger charge is 2.16. The number of furan rings is 1. The van der Waals surface area contributed by atoms with Crippen LogP contribution in [-0.2, 0) is 14.3 Å². The number of hydrogen-bond acceptors (Lipinski definition) is 6. The van der Waals surface area contributed by atoms with E-state index >= 15 is 0 Å². The van der Waals surface area contributed by atoms with E-state index < -0.39 is 23.9 Å². The van der Waals surface area contributed by atoms with Gasteiger partial charge in [0.05, 0.1) is 26.5 Å². The quantitative estimate of drug-likeness (QED) is 0.551. The van der Waals surface area contributed by atoms with E-state index in [2.05, 4.69) is 15.4 Å². The molecule has 0 aliphatic carbocycles. The Balaban J connectivity index is 2.25. The second kappa shape index (κ2) is 7.17. The van der Waals surface area contributed by atoms with Gasteiger partial charge in [-0.05, 0) is 12.1 Å². The van der Waals surface area contributed by atoms with E-state index in [0.29, 0.717) is 0 Å². The minimum absolute atomic E-state index is 0.0856. The molecule has 0 aliphatic rings. The third-order valence-electron chi connectivity index (χ3n) is 2.12. The van der Waals surface area contributed by atoms with Crippen LogP contribution in [0.3, 0.4) is 0 Å². The van der Waals surface area contributed by atoms with E-state index in [9.17, 15) is 19.5 Å². The fraction of sp³-hybridized carbons (Fsp3) is 0.364. The van der Waals surface area contributed by atoms with Crippen molar-refractivity contribution in [1.82, 2.24) is 10.6 Å². The van der Waals surface area contributed by atoms with Crippen molar-refractivity contribution in [2.75, 3.05) is 20.2 Å². The number of ether oxygens (including phenoxy) is 1. The van der Waals surface area contributed by atoms with Crippen LogP contribution in [0, 0.1) is 0 Å². The SMILES string of the molecule is COC(=O)C(O)CNC(=O)CNC(=O)c1ccco1. The Labute approximate surface area is 108 Å². The number of aliphatic hydroxyl groups is 1. The number of esters is 1. The zero-order chi connectivity index (χ0) is 14.3. The summed E-state index contributed by atoms with van der Waals surface area (Å²) < 4.78 is 9.10. The summed E-state index contributed by atoms with van der Waals surface area (Å²) in [4.78, 5) is 33.5. The number of carbonyl (C=O) groups excluding carboxylic acids is 3. The summed E-state index contributed by atoms with van der Waals surface area (Å²) >= 11 is 0. The Kier molecular flexibility index (Phi) is 5.55. The lowest BCUT2D eigenvalue weighted by Crippen LogP contribution is -2.42. The highest BCUT2D eigenvalue weighted by atomic mass is 16.5. The van der Waals surface area contributed by atoms with Crippen molar-refractivity contribution in [3.8, 4) is 0 Å². The van der Waals surface area contributed by atoms with Crippen LogP contribution >= 0.6 is 0 Å². The molecule has 1 rings (SSSR count). The zero-order valence-electron chi connectivity index (χ0n) is 10.2. The van der Waals surface area contributed by atoms with E-state index in [1.165, 1.54) is 12.3 Å². The lowest BCUT2D eigenvalue weighted by Gasteiger charge is -2.09. The molecule has 0 saturated carbocycles. The Morgan fingerprint density at radius 3 is 2.74 bits per heavy atom. The molecule has 0 spiro atoms. The third-order valence-corrected chi connectivity index (χ3v) is 2.12. The first kappa shape index (κ1) is 14.7. The number of methoxy groups -OCH3 is 1. The van der Waals surface area contributed by atoms with Gasteiger partial charge in [-0.3, -0.25) is 9.59 Å². The molecule has 0 bridgehead atoms. The topological polar surface area (TPSA) is 118 Å². The molecule has 8 heteroatoms. The highest BCUT2D eigenvalue weighted by Crippen LogP contribution is 1.98. The Morgan fingerprint density at radius 1 is 1.42 bits per heavy atom. The van der Waals surface area contributed by atoms with Gasteiger partial charge in [-0.2, -0.15) is 0 Å². The van der Waals surface area contributed by atoms with Crippen molar-refractivity contribution >= 4 is 17.8 Å². The molecule has 1 unspecified atom stereocenters. The molecular weight excluding hydrogens is 256 g/mol. The first-order valence-electron chi connectivity index (χ1n) is 5.39. The van der Waals surface area contributed by atoms with Gasteiger partial charge in [-0.1, -0.05) is 0 Å². The smallest absolute Gasteiger partial charge is 0.336 e. The molecule has 19 heavy (non-hydrogen) atoms. The summed E-state index contributed by atoms with van der Waals surface area (Å²) in [6, 6.07) is 3.00. The number of hydrogen-bond donors (Lipinski definition) is 3. The molecule has 1 heterocycles. The fourth-order valence-corrected chi connectivity index (χ4v) is 1.15. The second-order valence-electron chi connectivity index (χ2n) is 3.50. The predicted octanol–water partition coefficient (Wildman–Crippen LogP) is -1.34. The summed E-state index contributed by atoms with van der Waals surface area (Å²) in [5, 5.41) is 13.8. The van der Waals surface area contributed by atoms with E-state index in [4.69, 9.17) is 4.42 Å². The van der Waals surface area contributed by atoms with Crippen LogP contribution < -0.4 is 10.6 Å². The maximum Gasteiger partial charge on any atom is 0.336 e. The molecule has 0 fully saturated rings. The second-order valence-corrected chi connectivity index (χ2v) is 3.50. The maximum absolute atomic E-state index is 11.4. The molecule has 0 aliphatic heterocycles. The van der Waals surface area contributed by atoms with Gasteiger partial charge >= 0.3 is 5.97 Å². The Morgan fingerprint density at radius 2 is 2.16 bits per heavy atom. The minimum Gasteiger partial charge on any atom is -0.467 e. The molecule has 0 radical (unpaired) electrons. The number of amides is 2. The molecule has 0 saturated heterocycles. The van der Waals surface area contributed by atoms with Crippen molar-refractivity contribution in [2.45, 2.75) is 6.10 Å².